The molecule has 4 atom stereocenters. The summed E-state index contributed by atoms with van der Waals surface area (Å²) < 4.78 is 0. The van der Waals surface area contributed by atoms with Crippen LogP contribution in [0.25, 0.3) is 0 Å². The van der Waals surface area contributed by atoms with Crippen molar-refractivity contribution in [2.24, 2.45) is 17.3 Å². The molecule has 4 rings (SSSR count). The van der Waals surface area contributed by atoms with Crippen LogP contribution in [0.15, 0.2) is 35.2 Å². The first kappa shape index (κ1) is 11.6. The lowest BCUT2D eigenvalue weighted by atomic mass is 9.61. The van der Waals surface area contributed by atoms with E-state index in [0.29, 0.717) is 17.4 Å². The standard InChI is InChI=1S/C17H24N2/c1-11-16-10-13-12-6-8-18-9-7-17(11,2)14(12)4-5-15(13)19(16)3/h6-7,9,11,14,16,18H,4-5,8,10H2,1-3H3/b9-7-,12-6-. The summed E-state index contributed by atoms with van der Waals surface area (Å²) >= 11 is 0. The molecule has 0 aromatic rings. The summed E-state index contributed by atoms with van der Waals surface area (Å²) in [7, 11) is 2.32. The van der Waals surface area contributed by atoms with Crippen LogP contribution in [0.4, 0.5) is 0 Å². The maximum absolute atomic E-state index is 3.43. The van der Waals surface area contributed by atoms with Crippen LogP contribution in [0.2, 0.25) is 0 Å². The van der Waals surface area contributed by atoms with E-state index < -0.39 is 0 Å². The quantitative estimate of drug-likeness (QED) is 0.716. The molecule has 1 fully saturated rings. The van der Waals surface area contributed by atoms with Crippen molar-refractivity contribution in [2.75, 3.05) is 13.6 Å². The van der Waals surface area contributed by atoms with Gasteiger partial charge in [-0.05, 0) is 53.9 Å². The van der Waals surface area contributed by atoms with Gasteiger partial charge in [-0.3, -0.25) is 0 Å². The fourth-order valence-electron chi connectivity index (χ4n) is 5.03. The van der Waals surface area contributed by atoms with E-state index in [9.17, 15) is 0 Å². The molecule has 1 N–H and O–H groups in total. The van der Waals surface area contributed by atoms with Crippen molar-refractivity contribution >= 4 is 0 Å². The van der Waals surface area contributed by atoms with Crippen LogP contribution < -0.4 is 5.32 Å². The maximum atomic E-state index is 3.43. The van der Waals surface area contributed by atoms with E-state index in [2.05, 4.69) is 49.5 Å². The van der Waals surface area contributed by atoms with Crippen molar-refractivity contribution in [3.05, 3.63) is 35.2 Å². The minimum absolute atomic E-state index is 0.298. The molecule has 0 saturated heterocycles. The maximum Gasteiger partial charge on any atom is 0.0358 e. The molecule has 102 valence electrons. The number of fused-ring (bicyclic) bond motifs is 1. The summed E-state index contributed by atoms with van der Waals surface area (Å²) in [5.41, 5.74) is 5.30. The second-order valence-electron chi connectivity index (χ2n) is 6.95. The molecule has 4 aliphatic rings. The van der Waals surface area contributed by atoms with Gasteiger partial charge < -0.3 is 10.2 Å². The molecule has 2 aliphatic heterocycles. The molecule has 5 bridgehead atoms. The second-order valence-corrected chi connectivity index (χ2v) is 6.95. The van der Waals surface area contributed by atoms with Crippen LogP contribution in [0.5, 0.6) is 0 Å². The molecule has 0 aromatic carbocycles. The van der Waals surface area contributed by atoms with E-state index in [1.54, 1.807) is 16.8 Å². The smallest absolute Gasteiger partial charge is 0.0358 e. The molecule has 0 amide bonds. The van der Waals surface area contributed by atoms with Crippen LogP contribution in [-0.2, 0) is 0 Å². The molecular weight excluding hydrogens is 232 g/mol. The topological polar surface area (TPSA) is 15.3 Å². The van der Waals surface area contributed by atoms with Gasteiger partial charge in [-0.1, -0.05) is 26.0 Å². The van der Waals surface area contributed by atoms with Gasteiger partial charge in [-0.25, -0.2) is 0 Å². The van der Waals surface area contributed by atoms with Crippen LogP contribution in [0.1, 0.15) is 33.1 Å². The number of nitrogens with zero attached hydrogens (tertiary/aromatic N) is 1. The molecule has 19 heavy (non-hydrogen) atoms. The van der Waals surface area contributed by atoms with Crippen molar-refractivity contribution < 1.29 is 0 Å². The summed E-state index contributed by atoms with van der Waals surface area (Å²) in [6.45, 7) is 5.94. The molecule has 2 nitrogen and oxygen atoms in total. The normalized spacial score (nSPS) is 48.1. The van der Waals surface area contributed by atoms with E-state index in [1.165, 1.54) is 19.3 Å². The number of allylic oxidation sites excluding steroid dienone is 3. The van der Waals surface area contributed by atoms with E-state index in [-0.39, 0.29) is 0 Å². The Labute approximate surface area is 116 Å². The zero-order valence-corrected chi connectivity index (χ0v) is 12.2. The Kier molecular flexibility index (Phi) is 2.25. The van der Waals surface area contributed by atoms with Gasteiger partial charge >= 0.3 is 0 Å². The molecule has 2 aliphatic carbocycles. The first-order chi connectivity index (χ1) is 9.13. The lowest BCUT2D eigenvalue weighted by Crippen LogP contribution is -2.46. The minimum atomic E-state index is 0.298. The van der Waals surface area contributed by atoms with Crippen molar-refractivity contribution in [1.82, 2.24) is 10.2 Å². The minimum Gasteiger partial charge on any atom is -0.388 e. The summed E-state index contributed by atoms with van der Waals surface area (Å²) in [4.78, 5) is 2.60. The highest BCUT2D eigenvalue weighted by atomic mass is 15.2. The largest absolute Gasteiger partial charge is 0.388 e. The SMILES string of the molecule is CC1C2CC3=C(CCC4/C3=C\CN/C=C\C41C)N2C. The van der Waals surface area contributed by atoms with Gasteiger partial charge in [-0.15, -0.1) is 0 Å². The van der Waals surface area contributed by atoms with Gasteiger partial charge in [0, 0.05) is 25.3 Å². The Hall–Kier alpha value is -1.18. The molecule has 0 spiro atoms. The Bertz CT molecular complexity index is 513. The number of rotatable bonds is 0. The van der Waals surface area contributed by atoms with Gasteiger partial charge in [0.15, 0.2) is 0 Å². The monoisotopic (exact) mass is 256 g/mol. The highest BCUT2D eigenvalue weighted by Crippen LogP contribution is 2.58. The molecule has 0 radical (unpaired) electrons. The molecule has 1 saturated carbocycles. The third kappa shape index (κ3) is 1.32. The zero-order valence-electron chi connectivity index (χ0n) is 12.2. The fourth-order valence-corrected chi connectivity index (χ4v) is 5.03. The zero-order chi connectivity index (χ0) is 13.2. The van der Waals surface area contributed by atoms with E-state index >= 15 is 0 Å². The average Bonchev–Trinajstić information content (AvgIpc) is 2.69. The van der Waals surface area contributed by atoms with Gasteiger partial charge in [0.1, 0.15) is 0 Å². The average molecular weight is 256 g/mol. The van der Waals surface area contributed by atoms with Crippen LogP contribution in [0, 0.1) is 17.3 Å². The van der Waals surface area contributed by atoms with E-state index in [1.807, 2.05) is 0 Å². The second kappa shape index (κ2) is 3.68. The van der Waals surface area contributed by atoms with Gasteiger partial charge in [0.2, 0.25) is 0 Å². The highest BCUT2D eigenvalue weighted by Gasteiger charge is 2.52. The lowest BCUT2D eigenvalue weighted by Gasteiger charge is -2.49. The van der Waals surface area contributed by atoms with Crippen LogP contribution >= 0.6 is 0 Å². The Morgan fingerprint density at radius 1 is 1.42 bits per heavy atom. The Morgan fingerprint density at radius 3 is 3.11 bits per heavy atom. The third-order valence-corrected chi connectivity index (χ3v) is 6.39. The predicted molar refractivity (Wildman–Crippen MR) is 78.4 cm³/mol. The molecule has 4 unspecified atom stereocenters. The summed E-state index contributed by atoms with van der Waals surface area (Å²) in [5.74, 6) is 1.44. The Balaban J connectivity index is 1.97. The number of likely N-dealkylation sites (tertiary alicyclic amines) is 1. The summed E-state index contributed by atoms with van der Waals surface area (Å²) in [6.07, 6.45) is 11.0. The highest BCUT2D eigenvalue weighted by molar-refractivity contribution is 5.47. The molecule has 2 heterocycles. The molecule has 2 heteroatoms. The van der Waals surface area contributed by atoms with Gasteiger partial charge in [0.25, 0.3) is 0 Å². The lowest BCUT2D eigenvalue weighted by molar-refractivity contribution is 0.0917. The van der Waals surface area contributed by atoms with Gasteiger partial charge in [0.05, 0.1) is 0 Å². The van der Waals surface area contributed by atoms with Crippen molar-refractivity contribution in [2.45, 2.75) is 39.2 Å². The first-order valence-electron chi connectivity index (χ1n) is 7.69. The van der Waals surface area contributed by atoms with E-state index in [0.717, 1.165) is 12.5 Å². The first-order valence-corrected chi connectivity index (χ1v) is 7.69. The van der Waals surface area contributed by atoms with Crippen LogP contribution in [0.3, 0.4) is 0 Å². The van der Waals surface area contributed by atoms with Gasteiger partial charge in [-0.2, -0.15) is 0 Å². The van der Waals surface area contributed by atoms with Crippen molar-refractivity contribution in [3.8, 4) is 0 Å². The number of nitrogens with one attached hydrogen (secondary N) is 1. The summed E-state index contributed by atoms with van der Waals surface area (Å²) in [6, 6.07) is 0.700. The molecular formula is C17H24N2. The Morgan fingerprint density at radius 2 is 2.26 bits per heavy atom. The van der Waals surface area contributed by atoms with Crippen molar-refractivity contribution in [1.29, 1.82) is 0 Å². The number of hydrogen-bond acceptors (Lipinski definition) is 2. The summed E-state index contributed by atoms with van der Waals surface area (Å²) in [5, 5.41) is 3.43. The fraction of sp³-hybridized carbons (Fsp3) is 0.647. The number of hydrogen-bond donors (Lipinski definition) is 1. The predicted octanol–water partition coefficient (Wildman–Crippen LogP) is 3.05. The van der Waals surface area contributed by atoms with E-state index in [4.69, 9.17) is 0 Å². The van der Waals surface area contributed by atoms with Crippen LogP contribution in [-0.4, -0.2) is 24.5 Å². The molecule has 0 aromatic heterocycles. The van der Waals surface area contributed by atoms with Crippen molar-refractivity contribution in [3.63, 3.8) is 0 Å². The third-order valence-electron chi connectivity index (χ3n) is 6.39.